The summed E-state index contributed by atoms with van der Waals surface area (Å²) in [5, 5.41) is 0. The molecule has 0 aliphatic rings. The summed E-state index contributed by atoms with van der Waals surface area (Å²) in [6, 6.07) is 0. The molecule has 19 heavy (non-hydrogen) atoms. The Hall–Kier alpha value is -1.32. The molecule has 1 aromatic rings. The van der Waals surface area contributed by atoms with Crippen molar-refractivity contribution < 1.29 is 43.3 Å². The molecule has 1 rings (SSSR count). The van der Waals surface area contributed by atoms with Crippen molar-refractivity contribution in [1.82, 2.24) is 0 Å². The van der Waals surface area contributed by atoms with Crippen LogP contribution < -0.4 is 5.63 Å². The van der Waals surface area contributed by atoms with E-state index in [1.165, 1.54) is 0 Å². The van der Waals surface area contributed by atoms with Gasteiger partial charge in [-0.2, -0.15) is 25.3 Å². The molecule has 0 aliphatic heterocycles. The molecule has 11 nitrogen and oxygen atoms in total. The second-order valence-electron chi connectivity index (χ2n) is 2.97. The van der Waals surface area contributed by atoms with E-state index in [9.17, 15) is 30.0 Å². The van der Waals surface area contributed by atoms with Crippen LogP contribution >= 0.6 is 0 Å². The normalized spacial score (nSPS) is 13.4. The van der Waals surface area contributed by atoms with Crippen molar-refractivity contribution in [2.45, 2.75) is 14.7 Å². The monoisotopic (exact) mass is 336 g/mol. The summed E-state index contributed by atoms with van der Waals surface area (Å²) in [6.07, 6.45) is -0.102. The zero-order valence-electron chi connectivity index (χ0n) is 8.41. The highest BCUT2D eigenvalue weighted by atomic mass is 32.2. The fraction of sp³-hybridized carbons (Fsp3) is 0. The molecule has 0 unspecified atom stereocenters. The largest absolute Gasteiger partial charge is 0.429 e. The van der Waals surface area contributed by atoms with Crippen LogP contribution in [0.2, 0.25) is 0 Å². The molecule has 108 valence electrons. The first kappa shape index (κ1) is 15.7. The molecule has 0 saturated heterocycles. The van der Waals surface area contributed by atoms with E-state index >= 15 is 0 Å². The van der Waals surface area contributed by atoms with Gasteiger partial charge in [-0.25, -0.2) is 4.79 Å². The molecule has 3 N–H and O–H groups in total. The van der Waals surface area contributed by atoms with Gasteiger partial charge in [-0.05, 0) is 0 Å². The van der Waals surface area contributed by atoms with Crippen LogP contribution in [0, 0.1) is 0 Å². The van der Waals surface area contributed by atoms with Crippen LogP contribution in [0.3, 0.4) is 0 Å². The Balaban J connectivity index is 4.24. The topological polar surface area (TPSA) is 193 Å². The predicted molar refractivity (Wildman–Crippen MR) is 54.4 cm³/mol. The molecule has 0 fully saturated rings. The maximum atomic E-state index is 11.1. The van der Waals surface area contributed by atoms with Crippen molar-refractivity contribution in [1.29, 1.82) is 0 Å². The molecule has 0 spiro atoms. The van der Waals surface area contributed by atoms with Gasteiger partial charge in [0.15, 0.2) is 4.90 Å². The fourth-order valence-corrected chi connectivity index (χ4v) is 4.12. The third-order valence-electron chi connectivity index (χ3n) is 1.68. The Morgan fingerprint density at radius 2 is 1.21 bits per heavy atom. The van der Waals surface area contributed by atoms with Gasteiger partial charge >= 0.3 is 15.7 Å². The third kappa shape index (κ3) is 3.17. The van der Waals surface area contributed by atoms with Crippen molar-refractivity contribution >= 4 is 30.4 Å². The van der Waals surface area contributed by atoms with Gasteiger partial charge in [0.1, 0.15) is 11.2 Å². The summed E-state index contributed by atoms with van der Waals surface area (Å²) in [5.41, 5.74) is -1.96. The maximum absolute atomic E-state index is 11.1. The van der Waals surface area contributed by atoms with E-state index in [4.69, 9.17) is 13.7 Å². The molecule has 0 amide bonds. The highest BCUT2D eigenvalue weighted by Crippen LogP contribution is 2.25. The highest BCUT2D eigenvalue weighted by molar-refractivity contribution is 7.90. The maximum Gasteiger partial charge on any atom is 0.358 e. The number of hydrogen-bond donors (Lipinski definition) is 3. The number of hydrogen-bond acceptors (Lipinski definition) is 8. The lowest BCUT2D eigenvalue weighted by Gasteiger charge is -2.06. The van der Waals surface area contributed by atoms with Gasteiger partial charge in [0.25, 0.3) is 20.2 Å². The lowest BCUT2D eigenvalue weighted by molar-refractivity contribution is 0.413. The fourth-order valence-electron chi connectivity index (χ4n) is 1.06. The first-order chi connectivity index (χ1) is 8.26. The SMILES string of the molecule is O=c1occ(S(=O)(=O)O)c(S(=O)(=O)O)c1S(=O)(=O)O. The molecule has 0 radical (unpaired) electrons. The van der Waals surface area contributed by atoms with Gasteiger partial charge in [-0.3, -0.25) is 13.7 Å². The van der Waals surface area contributed by atoms with Gasteiger partial charge < -0.3 is 4.42 Å². The molecule has 14 heteroatoms. The molecule has 0 atom stereocenters. The van der Waals surface area contributed by atoms with Crippen LogP contribution in [0.4, 0.5) is 0 Å². The predicted octanol–water partition coefficient (Wildman–Crippen LogP) is -1.62. The van der Waals surface area contributed by atoms with E-state index in [1.54, 1.807) is 0 Å². The average molecular weight is 336 g/mol. The van der Waals surface area contributed by atoms with Gasteiger partial charge in [-0.1, -0.05) is 0 Å². The van der Waals surface area contributed by atoms with E-state index in [0.717, 1.165) is 0 Å². The van der Waals surface area contributed by atoms with E-state index in [-0.39, 0.29) is 6.26 Å². The zero-order valence-corrected chi connectivity index (χ0v) is 10.9. The molecule has 0 aliphatic carbocycles. The molecule has 0 aromatic carbocycles. The van der Waals surface area contributed by atoms with Crippen molar-refractivity contribution in [2.75, 3.05) is 0 Å². The lowest BCUT2D eigenvalue weighted by Crippen LogP contribution is -2.22. The molecular weight excluding hydrogens is 332 g/mol. The van der Waals surface area contributed by atoms with Crippen LogP contribution in [0.1, 0.15) is 0 Å². The summed E-state index contributed by atoms with van der Waals surface area (Å²) in [5.74, 6) is 0. The molecular formula is C5H4O11S3. The van der Waals surface area contributed by atoms with Gasteiger partial charge in [0.05, 0.1) is 0 Å². The molecule has 0 saturated carbocycles. The smallest absolute Gasteiger partial charge is 0.358 e. The minimum absolute atomic E-state index is 0.102. The van der Waals surface area contributed by atoms with Gasteiger partial charge in [0.2, 0.25) is 4.90 Å². The van der Waals surface area contributed by atoms with Crippen LogP contribution in [-0.2, 0) is 30.4 Å². The van der Waals surface area contributed by atoms with Crippen molar-refractivity contribution in [3.63, 3.8) is 0 Å². The van der Waals surface area contributed by atoms with Crippen molar-refractivity contribution in [2.24, 2.45) is 0 Å². The second kappa shape index (κ2) is 4.36. The highest BCUT2D eigenvalue weighted by Gasteiger charge is 2.36. The first-order valence-electron chi connectivity index (χ1n) is 3.84. The summed E-state index contributed by atoms with van der Waals surface area (Å²) in [4.78, 5) is 5.29. The molecule has 1 aromatic heterocycles. The van der Waals surface area contributed by atoms with Crippen LogP contribution in [-0.4, -0.2) is 38.9 Å². The number of rotatable bonds is 3. The van der Waals surface area contributed by atoms with E-state index < -0.39 is 50.7 Å². The standard InChI is InChI=1S/C5H4O11S3/c6-5-4(19(13,14)15)3(18(10,11)12)2(1-16-5)17(7,8)9/h1H,(H,7,8,9)(H,10,11,12)(H,13,14,15). The van der Waals surface area contributed by atoms with Gasteiger partial charge in [-0.15, -0.1) is 0 Å². The van der Waals surface area contributed by atoms with Crippen molar-refractivity contribution in [3.8, 4) is 0 Å². The zero-order chi connectivity index (χ0) is 15.2. The average Bonchev–Trinajstić information content (AvgIpc) is 2.11. The Kier molecular flexibility index (Phi) is 3.61. The Morgan fingerprint density at radius 1 is 0.789 bits per heavy atom. The molecule has 0 bridgehead atoms. The minimum Gasteiger partial charge on any atom is -0.429 e. The van der Waals surface area contributed by atoms with E-state index in [0.29, 0.717) is 0 Å². The lowest BCUT2D eigenvalue weighted by atomic mass is 10.5. The summed E-state index contributed by atoms with van der Waals surface area (Å²) < 4.78 is 95.2. The molecule has 1 heterocycles. The van der Waals surface area contributed by atoms with E-state index in [2.05, 4.69) is 4.42 Å². The van der Waals surface area contributed by atoms with Crippen LogP contribution in [0.15, 0.2) is 30.2 Å². The Bertz CT molecular complexity index is 882. The Labute approximate surface area is 105 Å². The van der Waals surface area contributed by atoms with Crippen molar-refractivity contribution in [3.05, 3.63) is 16.7 Å². The third-order valence-corrected chi connectivity index (χ3v) is 4.62. The van der Waals surface area contributed by atoms with Gasteiger partial charge in [0, 0.05) is 0 Å². The van der Waals surface area contributed by atoms with Crippen LogP contribution in [0.5, 0.6) is 0 Å². The summed E-state index contributed by atoms with van der Waals surface area (Å²) in [7, 11) is -16.5. The van der Waals surface area contributed by atoms with E-state index in [1.807, 2.05) is 0 Å². The Morgan fingerprint density at radius 3 is 1.53 bits per heavy atom. The minimum atomic E-state index is -5.59. The first-order valence-corrected chi connectivity index (χ1v) is 8.16. The summed E-state index contributed by atoms with van der Waals surface area (Å²) >= 11 is 0. The quantitative estimate of drug-likeness (QED) is 0.537. The van der Waals surface area contributed by atoms with Crippen LogP contribution in [0.25, 0.3) is 0 Å². The summed E-state index contributed by atoms with van der Waals surface area (Å²) in [6.45, 7) is 0. The second-order valence-corrected chi connectivity index (χ2v) is 7.08.